The molecule has 37 heavy (non-hydrogen) atoms. The maximum absolute atomic E-state index is 5.38. The number of benzene rings is 1. The largest absolute Gasteiger partial charge is 0.369 e. The van der Waals surface area contributed by atoms with E-state index in [4.69, 9.17) is 14.5 Å². The summed E-state index contributed by atoms with van der Waals surface area (Å²) in [6, 6.07) is 6.15. The molecular formula is C29H37N7O. The Morgan fingerprint density at radius 1 is 1.16 bits per heavy atom. The van der Waals surface area contributed by atoms with Crippen molar-refractivity contribution in [2.45, 2.75) is 59.3 Å². The average molecular weight is 500 g/mol. The van der Waals surface area contributed by atoms with Crippen LogP contribution < -0.4 is 5.32 Å². The molecule has 1 saturated heterocycles. The Morgan fingerprint density at radius 3 is 2.81 bits per heavy atom. The number of H-pyrrole nitrogens is 1. The summed E-state index contributed by atoms with van der Waals surface area (Å²) in [5.74, 6) is 2.84. The summed E-state index contributed by atoms with van der Waals surface area (Å²) < 4.78 is 5.38. The summed E-state index contributed by atoms with van der Waals surface area (Å²) >= 11 is 0. The van der Waals surface area contributed by atoms with Crippen LogP contribution in [-0.2, 0) is 6.42 Å². The number of aromatic amines is 1. The molecule has 4 aromatic rings. The monoisotopic (exact) mass is 499 g/mol. The second-order valence-corrected chi connectivity index (χ2v) is 9.95. The molecular weight excluding hydrogens is 462 g/mol. The number of likely N-dealkylation sites (tertiary alicyclic amines) is 1. The van der Waals surface area contributed by atoms with Crippen LogP contribution in [0.4, 0.5) is 5.82 Å². The van der Waals surface area contributed by atoms with E-state index in [9.17, 15) is 0 Å². The van der Waals surface area contributed by atoms with Gasteiger partial charge in [0.05, 0.1) is 5.39 Å². The van der Waals surface area contributed by atoms with Crippen molar-refractivity contribution in [2.75, 3.05) is 31.5 Å². The number of anilines is 1. The number of nitrogens with one attached hydrogen (secondary N) is 2. The second-order valence-electron chi connectivity index (χ2n) is 9.95. The van der Waals surface area contributed by atoms with Gasteiger partial charge in [-0.15, -0.1) is 0 Å². The van der Waals surface area contributed by atoms with Gasteiger partial charge in [0.15, 0.2) is 5.82 Å². The molecule has 4 heterocycles. The Morgan fingerprint density at radius 2 is 2.03 bits per heavy atom. The molecule has 0 unspecified atom stereocenters. The van der Waals surface area contributed by atoms with Crippen LogP contribution >= 0.6 is 0 Å². The number of piperidine rings is 1. The molecule has 1 aliphatic rings. The lowest BCUT2D eigenvalue weighted by Crippen LogP contribution is -2.31. The normalized spacial score (nSPS) is 15.4. The predicted octanol–water partition coefficient (Wildman–Crippen LogP) is 6.21. The lowest BCUT2D eigenvalue weighted by Gasteiger charge is -2.26. The van der Waals surface area contributed by atoms with Crippen LogP contribution in [0.15, 0.2) is 46.5 Å². The SMILES string of the molecule is CC/C=C\C=C(/C)Cc1nc(NCCCN2CCCCC2)c2c(n1)[nH]c1cc(-c3nc(C)no3)ccc12. The number of hydrogen-bond acceptors (Lipinski definition) is 7. The molecule has 2 N–H and O–H groups in total. The summed E-state index contributed by atoms with van der Waals surface area (Å²) in [7, 11) is 0. The first-order valence-electron chi connectivity index (χ1n) is 13.5. The minimum Gasteiger partial charge on any atom is -0.369 e. The van der Waals surface area contributed by atoms with E-state index in [1.54, 1.807) is 0 Å². The van der Waals surface area contributed by atoms with E-state index in [1.807, 2.05) is 19.1 Å². The molecule has 0 bridgehead atoms. The molecule has 0 aliphatic carbocycles. The summed E-state index contributed by atoms with van der Waals surface area (Å²) in [6.45, 7) is 10.5. The van der Waals surface area contributed by atoms with E-state index >= 15 is 0 Å². The molecule has 194 valence electrons. The van der Waals surface area contributed by atoms with Gasteiger partial charge in [-0.3, -0.25) is 0 Å². The zero-order chi connectivity index (χ0) is 25.6. The summed E-state index contributed by atoms with van der Waals surface area (Å²) in [4.78, 5) is 20.4. The van der Waals surface area contributed by atoms with Crippen LogP contribution in [0.1, 0.15) is 57.6 Å². The molecule has 0 radical (unpaired) electrons. The van der Waals surface area contributed by atoms with Crippen molar-refractivity contribution in [2.24, 2.45) is 0 Å². The fraction of sp³-hybridized carbons (Fsp3) is 0.448. The highest BCUT2D eigenvalue weighted by molar-refractivity contribution is 6.11. The first-order chi connectivity index (χ1) is 18.1. The van der Waals surface area contributed by atoms with E-state index in [1.165, 1.54) is 37.9 Å². The van der Waals surface area contributed by atoms with Gasteiger partial charge in [0.1, 0.15) is 17.3 Å². The van der Waals surface area contributed by atoms with Gasteiger partial charge in [-0.2, -0.15) is 4.98 Å². The highest BCUT2D eigenvalue weighted by Gasteiger charge is 2.16. The van der Waals surface area contributed by atoms with Gasteiger partial charge in [-0.25, -0.2) is 9.97 Å². The van der Waals surface area contributed by atoms with Crippen LogP contribution in [0, 0.1) is 6.92 Å². The van der Waals surface area contributed by atoms with Gasteiger partial charge < -0.3 is 19.7 Å². The summed E-state index contributed by atoms with van der Waals surface area (Å²) in [5, 5.41) is 9.69. The van der Waals surface area contributed by atoms with Gasteiger partial charge in [-0.1, -0.05) is 48.4 Å². The number of rotatable bonds is 10. The third kappa shape index (κ3) is 6.07. The molecule has 0 amide bonds. The molecule has 1 aliphatic heterocycles. The Hall–Kier alpha value is -3.52. The molecule has 0 spiro atoms. The van der Waals surface area contributed by atoms with Gasteiger partial charge in [0.2, 0.25) is 0 Å². The standard InChI is InChI=1S/C29H37N7O/c1-4-5-7-11-20(2)18-25-33-27(30-14-10-17-36-15-8-6-9-16-36)26-23-13-12-22(29-31-21(3)35-37-29)19-24(23)32-28(26)34-25/h5,7,11-13,19H,4,6,8-10,14-18H2,1-3H3,(H2,30,32,33,34)/b7-5-,20-11+. The molecule has 0 saturated carbocycles. The minimum atomic E-state index is 0.516. The van der Waals surface area contributed by atoms with E-state index in [0.717, 1.165) is 65.1 Å². The molecule has 1 fully saturated rings. The first kappa shape index (κ1) is 25.1. The second kappa shape index (κ2) is 11.7. The third-order valence-corrected chi connectivity index (χ3v) is 6.85. The fourth-order valence-corrected chi connectivity index (χ4v) is 4.97. The highest BCUT2D eigenvalue weighted by atomic mass is 16.5. The highest BCUT2D eigenvalue weighted by Crippen LogP contribution is 2.32. The maximum atomic E-state index is 5.38. The average Bonchev–Trinajstić information content (AvgIpc) is 3.50. The van der Waals surface area contributed by atoms with E-state index in [2.05, 4.69) is 63.5 Å². The lowest BCUT2D eigenvalue weighted by atomic mass is 10.1. The molecule has 5 rings (SSSR count). The number of fused-ring (bicyclic) bond motifs is 3. The quantitative estimate of drug-likeness (QED) is 0.198. The Balaban J connectivity index is 1.44. The number of aromatic nitrogens is 5. The molecule has 8 nitrogen and oxygen atoms in total. The van der Waals surface area contributed by atoms with E-state index < -0.39 is 0 Å². The van der Waals surface area contributed by atoms with E-state index in [0.29, 0.717) is 18.1 Å². The smallest absolute Gasteiger partial charge is 0.257 e. The fourth-order valence-electron chi connectivity index (χ4n) is 4.97. The van der Waals surface area contributed by atoms with Crippen molar-refractivity contribution in [1.29, 1.82) is 0 Å². The van der Waals surface area contributed by atoms with Crippen molar-refractivity contribution in [3.05, 3.63) is 53.6 Å². The van der Waals surface area contributed by atoms with Gasteiger partial charge in [-0.05, 0) is 71.3 Å². The van der Waals surface area contributed by atoms with Gasteiger partial charge in [0.25, 0.3) is 5.89 Å². The Labute approximate surface area is 218 Å². The van der Waals surface area contributed by atoms with Gasteiger partial charge in [0, 0.05) is 29.4 Å². The number of hydrogen-bond donors (Lipinski definition) is 2. The third-order valence-electron chi connectivity index (χ3n) is 6.85. The van der Waals surface area contributed by atoms with Crippen molar-refractivity contribution < 1.29 is 4.52 Å². The number of aryl methyl sites for hydroxylation is 1. The zero-order valence-corrected chi connectivity index (χ0v) is 22.2. The molecule has 0 atom stereocenters. The first-order valence-corrected chi connectivity index (χ1v) is 13.5. The van der Waals surface area contributed by atoms with E-state index in [-0.39, 0.29) is 0 Å². The van der Waals surface area contributed by atoms with Crippen molar-refractivity contribution in [3.8, 4) is 11.5 Å². The van der Waals surface area contributed by atoms with Crippen molar-refractivity contribution >= 4 is 27.8 Å². The Kier molecular flexibility index (Phi) is 7.94. The van der Waals surface area contributed by atoms with Crippen LogP contribution in [0.3, 0.4) is 0 Å². The topological polar surface area (TPSA) is 95.8 Å². The molecule has 3 aromatic heterocycles. The van der Waals surface area contributed by atoms with Crippen LogP contribution in [0.25, 0.3) is 33.4 Å². The Bertz CT molecular complexity index is 1410. The summed E-state index contributed by atoms with van der Waals surface area (Å²) in [6.07, 6.45) is 13.2. The predicted molar refractivity (Wildman–Crippen MR) is 150 cm³/mol. The number of allylic oxidation sites excluding steroid dienone is 4. The number of nitrogens with zero attached hydrogens (tertiary/aromatic N) is 5. The maximum Gasteiger partial charge on any atom is 0.257 e. The summed E-state index contributed by atoms with van der Waals surface area (Å²) in [5.41, 5.74) is 3.93. The molecule has 1 aromatic carbocycles. The lowest BCUT2D eigenvalue weighted by molar-refractivity contribution is 0.228. The van der Waals surface area contributed by atoms with Crippen LogP contribution in [-0.4, -0.2) is 56.2 Å². The van der Waals surface area contributed by atoms with Crippen molar-refractivity contribution in [1.82, 2.24) is 30.0 Å². The van der Waals surface area contributed by atoms with Crippen LogP contribution in [0.2, 0.25) is 0 Å². The van der Waals surface area contributed by atoms with Crippen LogP contribution in [0.5, 0.6) is 0 Å². The zero-order valence-electron chi connectivity index (χ0n) is 22.2. The minimum absolute atomic E-state index is 0.516. The molecule has 8 heteroatoms. The van der Waals surface area contributed by atoms with Crippen molar-refractivity contribution in [3.63, 3.8) is 0 Å². The van der Waals surface area contributed by atoms with Gasteiger partial charge >= 0.3 is 0 Å².